The van der Waals surface area contributed by atoms with Crippen LogP contribution in [-0.2, 0) is 14.2 Å². The number of ether oxygens (including phenoxy) is 3. The first-order valence-corrected chi connectivity index (χ1v) is 5.11. The Labute approximate surface area is 93.7 Å². The molecule has 0 spiro atoms. The second kappa shape index (κ2) is 4.85. The van der Waals surface area contributed by atoms with Crippen molar-refractivity contribution in [2.75, 3.05) is 19.9 Å². The number of hydrogen-bond donors (Lipinski definition) is 2. The van der Waals surface area contributed by atoms with Crippen molar-refractivity contribution in [1.82, 2.24) is 0 Å². The molecule has 16 heavy (non-hydrogen) atoms. The third-order valence-electron chi connectivity index (χ3n) is 2.25. The summed E-state index contributed by atoms with van der Waals surface area (Å²) >= 11 is 0. The van der Waals surface area contributed by atoms with Crippen LogP contribution in [0.3, 0.4) is 0 Å². The van der Waals surface area contributed by atoms with Crippen molar-refractivity contribution >= 4 is 5.90 Å². The fourth-order valence-corrected chi connectivity index (χ4v) is 1.57. The summed E-state index contributed by atoms with van der Waals surface area (Å²) in [5, 5.41) is 7.73. The molecule has 0 atom stereocenters. The number of rotatable bonds is 2. The largest absolute Gasteiger partial charge is 0.486 e. The maximum atomic E-state index is 7.73. The third-order valence-corrected chi connectivity index (χ3v) is 2.25. The minimum atomic E-state index is -0.0244. The van der Waals surface area contributed by atoms with Gasteiger partial charge < -0.3 is 14.2 Å². The summed E-state index contributed by atoms with van der Waals surface area (Å²) in [6, 6.07) is 0. The molecule has 5 nitrogen and oxygen atoms in total. The van der Waals surface area contributed by atoms with Crippen LogP contribution >= 0.6 is 0 Å². The van der Waals surface area contributed by atoms with Crippen LogP contribution in [0.5, 0.6) is 0 Å². The second-order valence-corrected chi connectivity index (χ2v) is 3.29. The quantitative estimate of drug-likeness (QED) is 0.416. The molecule has 0 saturated carbocycles. The lowest BCUT2D eigenvalue weighted by molar-refractivity contribution is 0.0582. The van der Waals surface area contributed by atoms with Gasteiger partial charge in [-0.3, -0.25) is 11.1 Å². The summed E-state index contributed by atoms with van der Waals surface area (Å²) in [6.07, 6.45) is 6.40. The molecular weight excluding hydrogens is 208 g/mol. The molecule has 1 fully saturated rings. The van der Waals surface area contributed by atoms with E-state index in [1.54, 1.807) is 6.08 Å². The SMILES string of the molecule is N=C(OCN)C1=C2OCCOC2=CCC=C1. The Morgan fingerprint density at radius 3 is 3.06 bits per heavy atom. The van der Waals surface area contributed by atoms with Gasteiger partial charge in [-0.15, -0.1) is 0 Å². The molecule has 1 aliphatic carbocycles. The highest BCUT2D eigenvalue weighted by atomic mass is 16.6. The van der Waals surface area contributed by atoms with Crippen LogP contribution in [0, 0.1) is 5.41 Å². The van der Waals surface area contributed by atoms with Crippen molar-refractivity contribution in [2.45, 2.75) is 6.42 Å². The van der Waals surface area contributed by atoms with Gasteiger partial charge in [0.15, 0.2) is 11.5 Å². The molecule has 3 N–H and O–H groups in total. The molecule has 0 aromatic rings. The summed E-state index contributed by atoms with van der Waals surface area (Å²) in [5.41, 5.74) is 5.82. The van der Waals surface area contributed by atoms with Gasteiger partial charge in [-0.1, -0.05) is 6.08 Å². The van der Waals surface area contributed by atoms with Gasteiger partial charge in [-0.2, -0.15) is 0 Å². The number of nitrogens with two attached hydrogens (primary N) is 1. The maximum absolute atomic E-state index is 7.73. The summed E-state index contributed by atoms with van der Waals surface area (Å²) < 4.78 is 16.0. The van der Waals surface area contributed by atoms with Gasteiger partial charge in [0, 0.05) is 0 Å². The molecule has 0 unspecified atom stereocenters. The molecule has 2 rings (SSSR count). The second-order valence-electron chi connectivity index (χ2n) is 3.29. The Morgan fingerprint density at radius 2 is 2.25 bits per heavy atom. The van der Waals surface area contributed by atoms with Gasteiger partial charge in [0.2, 0.25) is 5.90 Å². The number of fused-ring (bicyclic) bond motifs is 1. The number of allylic oxidation sites excluding steroid dienone is 2. The summed E-state index contributed by atoms with van der Waals surface area (Å²) in [7, 11) is 0. The number of nitrogens with one attached hydrogen (secondary N) is 1. The van der Waals surface area contributed by atoms with Crippen LogP contribution in [0.25, 0.3) is 0 Å². The lowest BCUT2D eigenvalue weighted by atomic mass is 10.2. The molecule has 1 aliphatic heterocycles. The molecule has 0 aromatic heterocycles. The Kier molecular flexibility index (Phi) is 3.26. The fourth-order valence-electron chi connectivity index (χ4n) is 1.57. The van der Waals surface area contributed by atoms with Gasteiger partial charge in [-0.05, 0) is 18.6 Å². The normalized spacial score (nSPS) is 18.9. The highest BCUT2D eigenvalue weighted by Gasteiger charge is 2.22. The smallest absolute Gasteiger partial charge is 0.218 e. The molecular formula is C11H14N2O3. The van der Waals surface area contributed by atoms with Crippen molar-refractivity contribution in [3.8, 4) is 0 Å². The summed E-state index contributed by atoms with van der Waals surface area (Å²) in [6.45, 7) is 0.997. The first-order chi connectivity index (χ1) is 7.83. The zero-order valence-corrected chi connectivity index (χ0v) is 8.86. The van der Waals surface area contributed by atoms with Crippen LogP contribution in [0.2, 0.25) is 0 Å². The lowest BCUT2D eigenvalue weighted by Gasteiger charge is -2.22. The minimum Gasteiger partial charge on any atom is -0.486 e. The standard InChI is InChI=1S/C11H14N2O3/c12-7-16-11(13)8-3-1-2-4-9-10(8)15-6-5-14-9/h1,3-4,13H,2,5-7,12H2. The van der Waals surface area contributed by atoms with Gasteiger partial charge >= 0.3 is 0 Å². The van der Waals surface area contributed by atoms with E-state index in [4.69, 9.17) is 25.4 Å². The molecule has 86 valence electrons. The molecule has 5 heteroatoms. The van der Waals surface area contributed by atoms with Crippen molar-refractivity contribution in [2.24, 2.45) is 5.73 Å². The van der Waals surface area contributed by atoms with Gasteiger partial charge in [-0.25, -0.2) is 0 Å². The van der Waals surface area contributed by atoms with Crippen molar-refractivity contribution in [1.29, 1.82) is 5.41 Å². The molecule has 2 aliphatic rings. The van der Waals surface area contributed by atoms with E-state index in [1.807, 2.05) is 12.2 Å². The fraction of sp³-hybridized carbons (Fsp3) is 0.364. The first kappa shape index (κ1) is 10.8. The average Bonchev–Trinajstić information content (AvgIpc) is 2.51. The monoisotopic (exact) mass is 222 g/mol. The highest BCUT2D eigenvalue weighted by molar-refractivity contribution is 5.95. The van der Waals surface area contributed by atoms with E-state index in [9.17, 15) is 0 Å². The zero-order valence-electron chi connectivity index (χ0n) is 8.86. The maximum Gasteiger partial charge on any atom is 0.218 e. The molecule has 0 amide bonds. The number of hydrogen-bond acceptors (Lipinski definition) is 5. The molecule has 1 heterocycles. The van der Waals surface area contributed by atoms with Crippen LogP contribution in [0.1, 0.15) is 6.42 Å². The van der Waals surface area contributed by atoms with E-state index in [0.717, 1.165) is 6.42 Å². The van der Waals surface area contributed by atoms with E-state index in [-0.39, 0.29) is 12.6 Å². The Bertz CT molecular complexity index is 383. The topological polar surface area (TPSA) is 77.6 Å². The highest BCUT2D eigenvalue weighted by Crippen LogP contribution is 2.26. The van der Waals surface area contributed by atoms with Crippen LogP contribution in [0.4, 0.5) is 0 Å². The van der Waals surface area contributed by atoms with E-state index in [0.29, 0.717) is 30.3 Å². The third kappa shape index (κ3) is 2.09. The van der Waals surface area contributed by atoms with Crippen LogP contribution in [-0.4, -0.2) is 25.8 Å². The van der Waals surface area contributed by atoms with Crippen LogP contribution < -0.4 is 5.73 Å². The molecule has 1 saturated heterocycles. The van der Waals surface area contributed by atoms with Crippen molar-refractivity contribution < 1.29 is 14.2 Å². The minimum absolute atomic E-state index is 0.00653. The van der Waals surface area contributed by atoms with Gasteiger partial charge in [0.25, 0.3) is 0 Å². The van der Waals surface area contributed by atoms with Crippen molar-refractivity contribution in [3.63, 3.8) is 0 Å². The Hall–Kier alpha value is -1.75. The van der Waals surface area contributed by atoms with Gasteiger partial charge in [0.1, 0.15) is 19.9 Å². The molecule has 0 aromatic carbocycles. The van der Waals surface area contributed by atoms with Crippen molar-refractivity contribution in [3.05, 3.63) is 35.3 Å². The Morgan fingerprint density at radius 1 is 1.44 bits per heavy atom. The van der Waals surface area contributed by atoms with Crippen LogP contribution in [0.15, 0.2) is 35.3 Å². The molecule has 0 bridgehead atoms. The summed E-state index contributed by atoms with van der Waals surface area (Å²) in [4.78, 5) is 0. The van der Waals surface area contributed by atoms with E-state index < -0.39 is 0 Å². The predicted molar refractivity (Wildman–Crippen MR) is 58.6 cm³/mol. The molecule has 0 radical (unpaired) electrons. The predicted octanol–water partition coefficient (Wildman–Crippen LogP) is 1.04. The van der Waals surface area contributed by atoms with Gasteiger partial charge in [0.05, 0.1) is 5.57 Å². The Balaban J connectivity index is 2.33. The van der Waals surface area contributed by atoms with E-state index in [1.165, 1.54) is 0 Å². The average molecular weight is 222 g/mol. The summed E-state index contributed by atoms with van der Waals surface area (Å²) in [5.74, 6) is 1.25. The first-order valence-electron chi connectivity index (χ1n) is 5.11. The van der Waals surface area contributed by atoms with E-state index >= 15 is 0 Å². The lowest BCUT2D eigenvalue weighted by Crippen LogP contribution is -2.19. The zero-order chi connectivity index (χ0) is 11.4. The van der Waals surface area contributed by atoms with E-state index in [2.05, 4.69) is 0 Å².